The summed E-state index contributed by atoms with van der Waals surface area (Å²) in [6, 6.07) is 10.5. The van der Waals surface area contributed by atoms with Crippen molar-refractivity contribution in [3.05, 3.63) is 59.5 Å². The number of fused-ring (bicyclic) bond motifs is 1. The zero-order valence-electron chi connectivity index (χ0n) is 11.2. The van der Waals surface area contributed by atoms with Crippen LogP contribution in [0.15, 0.2) is 47.1 Å². The van der Waals surface area contributed by atoms with Crippen LogP contribution in [0.3, 0.4) is 0 Å². The highest BCUT2D eigenvalue weighted by Gasteiger charge is 2.36. The molecule has 2 heterocycles. The summed E-state index contributed by atoms with van der Waals surface area (Å²) >= 11 is 1.61. The van der Waals surface area contributed by atoms with E-state index in [4.69, 9.17) is 9.25 Å². The normalized spacial score (nSPS) is 13.8. The molecule has 1 aromatic carbocycles. The van der Waals surface area contributed by atoms with Gasteiger partial charge in [-0.25, -0.2) is 0 Å². The Kier molecular flexibility index (Phi) is 4.08. The van der Waals surface area contributed by atoms with Crippen LogP contribution >= 0.6 is 11.8 Å². The van der Waals surface area contributed by atoms with Gasteiger partial charge in [0.1, 0.15) is 5.76 Å². The van der Waals surface area contributed by atoms with Gasteiger partial charge < -0.3 is 4.42 Å². The maximum Gasteiger partial charge on any atom is 0.285 e. The third-order valence-corrected chi connectivity index (χ3v) is 3.97. The maximum atomic E-state index is 12.0. The largest absolute Gasteiger partial charge is 0.468 e. The van der Waals surface area contributed by atoms with Gasteiger partial charge in [-0.2, -0.15) is 11.8 Å². The van der Waals surface area contributed by atoms with Crippen molar-refractivity contribution in [2.75, 3.05) is 12.4 Å². The molecule has 1 aliphatic rings. The van der Waals surface area contributed by atoms with Crippen molar-refractivity contribution in [1.29, 1.82) is 0 Å². The number of hydroxylamine groups is 2. The predicted molar refractivity (Wildman–Crippen MR) is 77.8 cm³/mol. The highest BCUT2D eigenvalue weighted by molar-refractivity contribution is 7.98. The summed E-state index contributed by atoms with van der Waals surface area (Å²) in [6.07, 6.45) is 1.63. The van der Waals surface area contributed by atoms with Crippen LogP contribution in [0, 0.1) is 0 Å². The second-order valence-corrected chi connectivity index (χ2v) is 5.52. The molecule has 0 N–H and O–H groups in total. The molecule has 0 saturated heterocycles. The minimum atomic E-state index is -0.397. The van der Waals surface area contributed by atoms with Crippen LogP contribution in [-0.2, 0) is 10.6 Å². The fourth-order valence-corrected chi connectivity index (χ4v) is 2.74. The number of hydrogen-bond donors (Lipinski definition) is 0. The zero-order valence-corrected chi connectivity index (χ0v) is 12.0. The lowest BCUT2D eigenvalue weighted by atomic mass is 10.1. The van der Waals surface area contributed by atoms with Crippen LogP contribution in [-0.4, -0.2) is 29.2 Å². The summed E-state index contributed by atoms with van der Waals surface area (Å²) in [6.45, 7) is 0.289. The Bertz CT molecular complexity index is 618. The number of rotatable bonds is 6. The summed E-state index contributed by atoms with van der Waals surface area (Å²) < 4.78 is 5.21. The van der Waals surface area contributed by atoms with E-state index in [1.807, 2.05) is 12.1 Å². The number of carbonyl (C=O) groups is 2. The number of amides is 2. The number of carbonyl (C=O) groups excluding carboxylic acids is 2. The molecule has 0 spiro atoms. The number of thioether (sulfide) groups is 1. The molecule has 2 aromatic rings. The molecule has 0 radical (unpaired) electrons. The van der Waals surface area contributed by atoms with Gasteiger partial charge in [-0.3, -0.25) is 14.4 Å². The van der Waals surface area contributed by atoms with Gasteiger partial charge in [0.05, 0.1) is 29.7 Å². The molecule has 0 fully saturated rings. The average Bonchev–Trinajstić information content (AvgIpc) is 3.10. The quantitative estimate of drug-likeness (QED) is 0.606. The summed E-state index contributed by atoms with van der Waals surface area (Å²) in [4.78, 5) is 29.3. The molecule has 1 aromatic heterocycles. The minimum Gasteiger partial charge on any atom is -0.468 e. The molecule has 0 aliphatic carbocycles. The molecule has 0 unspecified atom stereocenters. The molecule has 21 heavy (non-hydrogen) atoms. The zero-order chi connectivity index (χ0) is 14.7. The van der Waals surface area contributed by atoms with Crippen LogP contribution in [0.2, 0.25) is 0 Å². The third-order valence-electron chi connectivity index (χ3n) is 3.03. The standard InChI is InChI=1S/C15H13NO4S/c17-14-12-5-1-2-6-13(12)15(18)16(14)20-8-9-21-10-11-4-3-7-19-11/h1-7H,8-10H2. The monoisotopic (exact) mass is 303 g/mol. The number of furan rings is 1. The van der Waals surface area contributed by atoms with Crippen molar-refractivity contribution < 1.29 is 18.8 Å². The second kappa shape index (κ2) is 6.15. The van der Waals surface area contributed by atoms with Gasteiger partial charge in [-0.15, -0.1) is 5.06 Å². The highest BCUT2D eigenvalue weighted by atomic mass is 32.2. The average molecular weight is 303 g/mol. The van der Waals surface area contributed by atoms with Gasteiger partial charge in [0.2, 0.25) is 0 Å². The first kappa shape index (κ1) is 13.9. The SMILES string of the molecule is O=C1c2ccccc2C(=O)N1OCCSCc1ccco1. The van der Waals surface area contributed by atoms with Gasteiger partial charge in [0.15, 0.2) is 0 Å². The van der Waals surface area contributed by atoms with Crippen LogP contribution in [0.1, 0.15) is 26.5 Å². The Morgan fingerprint density at radius 3 is 2.38 bits per heavy atom. The lowest BCUT2D eigenvalue weighted by Gasteiger charge is -2.12. The number of benzene rings is 1. The van der Waals surface area contributed by atoms with Gasteiger partial charge in [0, 0.05) is 5.75 Å². The summed E-state index contributed by atoms with van der Waals surface area (Å²) in [5, 5.41) is 0.845. The predicted octanol–water partition coefficient (Wildman–Crippen LogP) is 2.74. The van der Waals surface area contributed by atoms with Crippen molar-refractivity contribution in [3.8, 4) is 0 Å². The van der Waals surface area contributed by atoms with E-state index in [0.29, 0.717) is 16.9 Å². The van der Waals surface area contributed by atoms with Gasteiger partial charge in [-0.05, 0) is 24.3 Å². The first-order valence-electron chi connectivity index (χ1n) is 6.48. The lowest BCUT2D eigenvalue weighted by Crippen LogP contribution is -2.30. The Morgan fingerprint density at radius 1 is 1.05 bits per heavy atom. The summed E-state index contributed by atoms with van der Waals surface area (Å²) in [7, 11) is 0. The Balaban J connectivity index is 1.48. The van der Waals surface area contributed by atoms with Crippen LogP contribution < -0.4 is 0 Å². The van der Waals surface area contributed by atoms with Crippen molar-refractivity contribution in [2.24, 2.45) is 0 Å². The number of hydrogen-bond acceptors (Lipinski definition) is 5. The van der Waals surface area contributed by atoms with E-state index in [0.717, 1.165) is 16.6 Å². The van der Waals surface area contributed by atoms with Crippen molar-refractivity contribution in [3.63, 3.8) is 0 Å². The van der Waals surface area contributed by atoms with Crippen LogP contribution in [0.4, 0.5) is 0 Å². The molecular formula is C15H13NO4S. The molecule has 0 atom stereocenters. The molecule has 108 valence electrons. The van der Waals surface area contributed by atoms with E-state index in [1.165, 1.54) is 0 Å². The Hall–Kier alpha value is -2.05. The van der Waals surface area contributed by atoms with E-state index < -0.39 is 11.8 Å². The van der Waals surface area contributed by atoms with Gasteiger partial charge in [0.25, 0.3) is 11.8 Å². The number of imide groups is 1. The topological polar surface area (TPSA) is 59.8 Å². The molecule has 1 aliphatic heterocycles. The third kappa shape index (κ3) is 2.86. The van der Waals surface area contributed by atoms with E-state index in [-0.39, 0.29) is 6.61 Å². The smallest absolute Gasteiger partial charge is 0.285 e. The van der Waals surface area contributed by atoms with Gasteiger partial charge >= 0.3 is 0 Å². The fourth-order valence-electron chi connectivity index (χ4n) is 2.04. The van der Waals surface area contributed by atoms with Crippen molar-refractivity contribution in [1.82, 2.24) is 5.06 Å². The summed E-state index contributed by atoms with van der Waals surface area (Å²) in [5.41, 5.74) is 0.788. The van der Waals surface area contributed by atoms with Gasteiger partial charge in [-0.1, -0.05) is 12.1 Å². The molecule has 2 amide bonds. The second-order valence-electron chi connectivity index (χ2n) is 4.42. The molecule has 3 rings (SSSR count). The Labute approximate surface area is 125 Å². The fraction of sp³-hybridized carbons (Fsp3) is 0.200. The molecular weight excluding hydrogens is 290 g/mol. The molecule has 6 heteroatoms. The van der Waals surface area contributed by atoms with E-state index in [2.05, 4.69) is 0 Å². The van der Waals surface area contributed by atoms with Crippen molar-refractivity contribution >= 4 is 23.6 Å². The minimum absolute atomic E-state index is 0.289. The maximum absolute atomic E-state index is 12.0. The van der Waals surface area contributed by atoms with Crippen LogP contribution in [0.25, 0.3) is 0 Å². The lowest BCUT2D eigenvalue weighted by molar-refractivity contribution is -0.0853. The van der Waals surface area contributed by atoms with E-state index in [1.54, 1.807) is 42.3 Å². The molecule has 0 saturated carbocycles. The molecule has 5 nitrogen and oxygen atoms in total. The van der Waals surface area contributed by atoms with Crippen LogP contribution in [0.5, 0.6) is 0 Å². The summed E-state index contributed by atoms with van der Waals surface area (Å²) in [5.74, 6) is 1.49. The van der Waals surface area contributed by atoms with E-state index >= 15 is 0 Å². The van der Waals surface area contributed by atoms with Crippen molar-refractivity contribution in [2.45, 2.75) is 5.75 Å². The molecule has 0 bridgehead atoms. The first-order valence-corrected chi connectivity index (χ1v) is 7.63. The first-order chi connectivity index (χ1) is 10.3. The van der Waals surface area contributed by atoms with E-state index in [9.17, 15) is 9.59 Å². The highest BCUT2D eigenvalue weighted by Crippen LogP contribution is 2.22. The number of nitrogens with zero attached hydrogens (tertiary/aromatic N) is 1. The Morgan fingerprint density at radius 2 is 1.76 bits per heavy atom.